The third kappa shape index (κ3) is 6.79. The quantitative estimate of drug-likeness (QED) is 0.0923. The fourth-order valence-corrected chi connectivity index (χ4v) is 12.3. The second-order valence-electron chi connectivity index (χ2n) is 18.6. The molecule has 4 aliphatic carbocycles. The number of carbonyl (C=O) groups is 1. The second-order valence-corrected chi connectivity index (χ2v) is 18.6. The van der Waals surface area contributed by atoms with Gasteiger partial charge in [-0.05, 0) is 86.4 Å². The third-order valence-electron chi connectivity index (χ3n) is 15.4. The van der Waals surface area contributed by atoms with E-state index in [0.717, 1.165) is 51.4 Å². The van der Waals surface area contributed by atoms with Crippen molar-refractivity contribution < 1.29 is 84.3 Å². The van der Waals surface area contributed by atoms with Gasteiger partial charge < -0.3 is 79.5 Å². The Morgan fingerprint density at radius 2 is 1.18 bits per heavy atom. The molecule has 7 rings (SSSR count). The van der Waals surface area contributed by atoms with E-state index in [1.54, 1.807) is 0 Å². The molecule has 0 amide bonds. The molecule has 1 spiro atoms. The monoisotopic (exact) mass is 802 g/mol. The zero-order valence-corrected chi connectivity index (χ0v) is 32.3. The molecule has 7 fully saturated rings. The number of hydrogen-bond acceptors (Lipinski definition) is 17. The number of esters is 1. The van der Waals surface area contributed by atoms with Crippen molar-refractivity contribution in [2.75, 3.05) is 19.8 Å². The predicted molar refractivity (Wildman–Crippen MR) is 190 cm³/mol. The van der Waals surface area contributed by atoms with Gasteiger partial charge in [-0.15, -0.1) is 0 Å². The van der Waals surface area contributed by atoms with Crippen LogP contribution in [0.5, 0.6) is 0 Å². The SMILES string of the molecule is C=C1C[C@@]23CCC4[C@](C)(C(=O)OC5OC(CO)C(O)C(OC6OC(CO)C(O)C(O)C6O)C5OC5OC(CO)C(O)C(O)C5O)CCC[C@@]4(C)[C@@H]2CC[C@@]1(C)C3. The van der Waals surface area contributed by atoms with Gasteiger partial charge in [-0.2, -0.15) is 0 Å². The summed E-state index contributed by atoms with van der Waals surface area (Å²) in [4.78, 5) is 14.8. The molecule has 320 valence electrons. The summed E-state index contributed by atoms with van der Waals surface area (Å²) < 4.78 is 35.5. The van der Waals surface area contributed by atoms with Crippen molar-refractivity contribution >= 4 is 5.97 Å². The van der Waals surface area contributed by atoms with Gasteiger partial charge in [0.15, 0.2) is 18.7 Å². The molecule has 3 saturated heterocycles. The molecule has 3 heterocycles. The van der Waals surface area contributed by atoms with Gasteiger partial charge in [0.25, 0.3) is 0 Å². The number of aliphatic hydroxyl groups is 10. The Labute approximate surface area is 326 Å². The van der Waals surface area contributed by atoms with Crippen LogP contribution in [0.1, 0.15) is 78.6 Å². The Hall–Kier alpha value is -1.39. The van der Waals surface area contributed by atoms with Crippen LogP contribution in [-0.4, -0.2) is 169 Å². The summed E-state index contributed by atoms with van der Waals surface area (Å²) in [6.07, 6.45) is -18.1. The molecule has 16 unspecified atom stereocenters. The second kappa shape index (κ2) is 15.6. The average molecular weight is 803 g/mol. The molecule has 21 atom stereocenters. The maximum atomic E-state index is 14.8. The van der Waals surface area contributed by atoms with Crippen LogP contribution in [0, 0.1) is 33.5 Å². The summed E-state index contributed by atoms with van der Waals surface area (Å²) in [7, 11) is 0. The van der Waals surface area contributed by atoms with Gasteiger partial charge in [0.1, 0.15) is 67.1 Å². The Balaban J connectivity index is 1.20. The van der Waals surface area contributed by atoms with Gasteiger partial charge in [0, 0.05) is 0 Å². The third-order valence-corrected chi connectivity index (χ3v) is 15.4. The van der Waals surface area contributed by atoms with Crippen LogP contribution < -0.4 is 0 Å². The van der Waals surface area contributed by atoms with Crippen LogP contribution in [0.15, 0.2) is 12.2 Å². The molecule has 56 heavy (non-hydrogen) atoms. The van der Waals surface area contributed by atoms with Crippen LogP contribution in [0.2, 0.25) is 0 Å². The van der Waals surface area contributed by atoms with E-state index in [-0.39, 0.29) is 22.2 Å². The molecule has 3 aliphatic heterocycles. The number of rotatable bonds is 9. The van der Waals surface area contributed by atoms with E-state index < -0.39 is 123 Å². The largest absolute Gasteiger partial charge is 0.432 e. The van der Waals surface area contributed by atoms with E-state index in [4.69, 9.17) is 28.4 Å². The highest BCUT2D eigenvalue weighted by Gasteiger charge is 2.67. The lowest BCUT2D eigenvalue weighted by Gasteiger charge is -2.64. The molecule has 7 aliphatic rings. The molecule has 0 aromatic rings. The zero-order chi connectivity index (χ0) is 40.7. The smallest absolute Gasteiger partial charge is 0.314 e. The summed E-state index contributed by atoms with van der Waals surface area (Å²) >= 11 is 0. The van der Waals surface area contributed by atoms with Crippen molar-refractivity contribution in [3.8, 4) is 0 Å². The molecular weight excluding hydrogens is 740 g/mol. The lowest BCUT2D eigenvalue weighted by molar-refractivity contribution is -0.388. The van der Waals surface area contributed by atoms with E-state index in [9.17, 15) is 55.9 Å². The number of hydrogen-bond donors (Lipinski definition) is 10. The molecule has 0 aromatic carbocycles. The predicted octanol–water partition coefficient (Wildman–Crippen LogP) is -1.66. The molecule has 10 N–H and O–H groups in total. The fraction of sp³-hybridized carbons (Fsp3) is 0.923. The maximum absolute atomic E-state index is 14.8. The molecule has 17 heteroatoms. The van der Waals surface area contributed by atoms with E-state index in [1.807, 2.05) is 6.92 Å². The van der Waals surface area contributed by atoms with E-state index in [1.165, 1.54) is 5.57 Å². The number of fused-ring (bicyclic) bond motifs is 3. The highest BCUT2D eigenvalue weighted by Crippen LogP contribution is 2.74. The lowest BCUT2D eigenvalue weighted by Crippen LogP contribution is -2.67. The van der Waals surface area contributed by atoms with Crippen LogP contribution in [0.4, 0.5) is 0 Å². The normalized spacial score (nSPS) is 54.6. The Morgan fingerprint density at radius 3 is 1.75 bits per heavy atom. The molecule has 0 aromatic heterocycles. The fourth-order valence-electron chi connectivity index (χ4n) is 12.3. The van der Waals surface area contributed by atoms with Crippen molar-refractivity contribution in [2.45, 2.75) is 171 Å². The first-order valence-electron chi connectivity index (χ1n) is 20.1. The first-order chi connectivity index (χ1) is 26.4. The molecule has 4 saturated carbocycles. The summed E-state index contributed by atoms with van der Waals surface area (Å²) in [5.41, 5.74) is 0.385. The standard InChI is InChI=1S/C39H62O17/c1-17-12-39-11-7-21-37(3,22(39)6-10-36(17,2)16-39)8-5-9-38(21,4)35(50)56-34-31(55-33-29(49)27(47)24(44)19(14-41)52-33)30(25(45)20(15-42)53-34)54-32-28(48)26(46)23(43)18(13-40)51-32/h18-34,40-49H,1,5-16H2,2-4H3/t18?,19?,20?,21?,22-,23?,24?,25?,26?,27?,28?,29?,30?,31?,32?,33?,34?,36-,37+,38+,39+/m0/s1. The van der Waals surface area contributed by atoms with Gasteiger partial charge in [0.05, 0.1) is 25.2 Å². The van der Waals surface area contributed by atoms with Gasteiger partial charge in [-0.3, -0.25) is 4.79 Å². The van der Waals surface area contributed by atoms with Crippen LogP contribution in [0.3, 0.4) is 0 Å². The highest BCUT2D eigenvalue weighted by molar-refractivity contribution is 5.77. The summed E-state index contributed by atoms with van der Waals surface area (Å²) in [5.74, 6) is -0.321. The topological polar surface area (TPSA) is 275 Å². The maximum Gasteiger partial charge on any atom is 0.314 e. The lowest BCUT2D eigenvalue weighted by atomic mass is 9.40. The minimum atomic E-state index is -1.94. The number of allylic oxidation sites excluding steroid dienone is 1. The van der Waals surface area contributed by atoms with Gasteiger partial charge >= 0.3 is 5.97 Å². The molecule has 2 bridgehead atoms. The Bertz CT molecular complexity index is 1450. The molecule has 0 radical (unpaired) electrons. The Kier molecular flexibility index (Phi) is 11.9. The summed E-state index contributed by atoms with van der Waals surface area (Å²) in [6.45, 7) is 8.62. The van der Waals surface area contributed by atoms with E-state index >= 15 is 0 Å². The van der Waals surface area contributed by atoms with Crippen molar-refractivity contribution in [1.82, 2.24) is 0 Å². The summed E-state index contributed by atoms with van der Waals surface area (Å²) in [5, 5.41) is 105. The molecular formula is C39H62O17. The van der Waals surface area contributed by atoms with Crippen LogP contribution >= 0.6 is 0 Å². The minimum Gasteiger partial charge on any atom is -0.432 e. The van der Waals surface area contributed by atoms with Crippen molar-refractivity contribution in [1.29, 1.82) is 0 Å². The number of carbonyl (C=O) groups excluding carboxylic acids is 1. The van der Waals surface area contributed by atoms with Crippen molar-refractivity contribution in [3.63, 3.8) is 0 Å². The van der Waals surface area contributed by atoms with Crippen LogP contribution in [-0.2, 0) is 33.2 Å². The number of ether oxygens (including phenoxy) is 6. The number of aliphatic hydroxyl groups excluding tert-OH is 10. The van der Waals surface area contributed by atoms with E-state index in [0.29, 0.717) is 12.3 Å². The van der Waals surface area contributed by atoms with Gasteiger partial charge in [-0.25, -0.2) is 0 Å². The minimum absolute atomic E-state index is 0.0705. The zero-order valence-electron chi connectivity index (χ0n) is 32.3. The average Bonchev–Trinajstić information content (AvgIpc) is 3.35. The highest BCUT2D eigenvalue weighted by atomic mass is 16.8. The first-order valence-corrected chi connectivity index (χ1v) is 20.1. The molecule has 17 nitrogen and oxygen atoms in total. The van der Waals surface area contributed by atoms with Crippen LogP contribution in [0.25, 0.3) is 0 Å². The summed E-state index contributed by atoms with van der Waals surface area (Å²) in [6, 6.07) is 0. The van der Waals surface area contributed by atoms with Gasteiger partial charge in [-0.1, -0.05) is 32.4 Å². The Morgan fingerprint density at radius 1 is 0.661 bits per heavy atom. The van der Waals surface area contributed by atoms with Crippen molar-refractivity contribution in [2.24, 2.45) is 33.5 Å². The first kappa shape index (κ1) is 42.7. The van der Waals surface area contributed by atoms with Gasteiger partial charge in [0.2, 0.25) is 6.29 Å². The van der Waals surface area contributed by atoms with Crippen molar-refractivity contribution in [3.05, 3.63) is 12.2 Å². The van der Waals surface area contributed by atoms with E-state index in [2.05, 4.69) is 20.4 Å².